The summed E-state index contributed by atoms with van der Waals surface area (Å²) in [4.78, 5) is 4.69. The number of fused-ring (bicyclic) bond motifs is 1. The van der Waals surface area contributed by atoms with Gasteiger partial charge in [-0.1, -0.05) is 12.8 Å². The molecule has 5 nitrogen and oxygen atoms in total. The fourth-order valence-corrected chi connectivity index (χ4v) is 3.67. The lowest BCUT2D eigenvalue weighted by Crippen LogP contribution is -2.16. The van der Waals surface area contributed by atoms with Crippen LogP contribution in [-0.4, -0.2) is 25.6 Å². The van der Waals surface area contributed by atoms with Gasteiger partial charge >= 0.3 is 0 Å². The first kappa shape index (κ1) is 15.3. The van der Waals surface area contributed by atoms with E-state index in [1.807, 2.05) is 22.7 Å². The molecule has 0 amide bonds. The van der Waals surface area contributed by atoms with E-state index in [0.717, 1.165) is 28.8 Å². The van der Waals surface area contributed by atoms with Crippen LogP contribution >= 0.6 is 15.9 Å². The number of phenols is 2. The number of nitrogens with zero attached hydrogens (tertiary/aromatic N) is 2. The number of rotatable bonds is 3. The molecule has 0 unspecified atom stereocenters. The summed E-state index contributed by atoms with van der Waals surface area (Å²) in [6, 6.07) is 8.90. The maximum absolute atomic E-state index is 10.3. The Hall–Kier alpha value is -2.21. The van der Waals surface area contributed by atoms with Gasteiger partial charge in [0.15, 0.2) is 0 Å². The molecule has 0 radical (unpaired) electrons. The van der Waals surface area contributed by atoms with Crippen molar-refractivity contribution in [3.8, 4) is 22.8 Å². The highest BCUT2D eigenvalue weighted by Crippen LogP contribution is 2.38. The Kier molecular flexibility index (Phi) is 3.84. The molecule has 1 aromatic carbocycles. The molecule has 1 aliphatic rings. The monoisotopic (exact) mass is 387 g/mol. The van der Waals surface area contributed by atoms with Gasteiger partial charge in [0, 0.05) is 28.3 Å². The average Bonchev–Trinajstić information content (AvgIpc) is 3.17. The molecule has 2 heterocycles. The first-order valence-corrected chi connectivity index (χ1v) is 8.87. The second-order valence-electron chi connectivity index (χ2n) is 6.21. The molecule has 1 fully saturated rings. The summed E-state index contributed by atoms with van der Waals surface area (Å²) >= 11 is 3.51. The minimum atomic E-state index is 0.0203. The summed E-state index contributed by atoms with van der Waals surface area (Å²) < 4.78 is 2.97. The number of benzene rings is 1. The number of aromatic hydroxyl groups is 2. The van der Waals surface area contributed by atoms with Crippen molar-refractivity contribution in [3.05, 3.63) is 41.0 Å². The van der Waals surface area contributed by atoms with Crippen molar-refractivity contribution in [2.75, 3.05) is 5.32 Å². The van der Waals surface area contributed by atoms with E-state index in [0.29, 0.717) is 17.3 Å². The maximum atomic E-state index is 10.3. The standard InChI is InChI=1S/C18H18BrN3O2/c19-11-5-8-16-21-17(14-7-6-13(23)9-15(14)24)18(22(16)10-11)20-12-3-1-2-4-12/h5-10,12,20,23-24H,1-4H2. The SMILES string of the molecule is Oc1ccc(-c2nc3ccc(Br)cn3c2NC2CCCC2)c(O)c1. The minimum absolute atomic E-state index is 0.0203. The number of imidazole rings is 1. The molecular formula is C18H18BrN3O2. The molecule has 0 atom stereocenters. The normalized spacial score (nSPS) is 15.2. The van der Waals surface area contributed by atoms with E-state index < -0.39 is 0 Å². The van der Waals surface area contributed by atoms with Gasteiger partial charge in [0.2, 0.25) is 0 Å². The Bertz CT molecular complexity index is 901. The summed E-state index contributed by atoms with van der Waals surface area (Å²) in [6.45, 7) is 0. The van der Waals surface area contributed by atoms with Crippen molar-refractivity contribution >= 4 is 27.4 Å². The van der Waals surface area contributed by atoms with E-state index in [2.05, 4.69) is 21.2 Å². The van der Waals surface area contributed by atoms with Crippen molar-refractivity contribution in [1.82, 2.24) is 9.38 Å². The van der Waals surface area contributed by atoms with Gasteiger partial charge in [-0.15, -0.1) is 0 Å². The van der Waals surface area contributed by atoms with Crippen molar-refractivity contribution in [3.63, 3.8) is 0 Å². The molecule has 1 aliphatic carbocycles. The molecule has 24 heavy (non-hydrogen) atoms. The molecular weight excluding hydrogens is 370 g/mol. The number of phenolic OH excluding ortho intramolecular Hbond substituents is 2. The molecule has 0 aliphatic heterocycles. The highest BCUT2D eigenvalue weighted by atomic mass is 79.9. The Labute approximate surface area is 148 Å². The zero-order chi connectivity index (χ0) is 16.7. The molecule has 0 spiro atoms. The smallest absolute Gasteiger partial charge is 0.139 e. The Morgan fingerprint density at radius 1 is 1.12 bits per heavy atom. The fourth-order valence-electron chi connectivity index (χ4n) is 3.33. The lowest BCUT2D eigenvalue weighted by Gasteiger charge is -2.15. The van der Waals surface area contributed by atoms with Crippen LogP contribution < -0.4 is 5.32 Å². The van der Waals surface area contributed by atoms with E-state index in [4.69, 9.17) is 4.98 Å². The van der Waals surface area contributed by atoms with Gasteiger partial charge in [0.05, 0.1) is 0 Å². The molecule has 3 N–H and O–H groups in total. The number of hydrogen-bond acceptors (Lipinski definition) is 4. The van der Waals surface area contributed by atoms with Crippen LogP contribution in [0.25, 0.3) is 16.9 Å². The molecule has 0 bridgehead atoms. The van der Waals surface area contributed by atoms with Gasteiger partial charge < -0.3 is 15.5 Å². The van der Waals surface area contributed by atoms with Crippen LogP contribution in [0.15, 0.2) is 41.0 Å². The van der Waals surface area contributed by atoms with Crippen LogP contribution in [0.2, 0.25) is 0 Å². The highest BCUT2D eigenvalue weighted by Gasteiger charge is 2.22. The van der Waals surface area contributed by atoms with Gasteiger partial charge in [-0.3, -0.25) is 4.40 Å². The zero-order valence-electron chi connectivity index (χ0n) is 13.0. The number of nitrogens with one attached hydrogen (secondary N) is 1. The second kappa shape index (κ2) is 6.02. The molecule has 124 valence electrons. The summed E-state index contributed by atoms with van der Waals surface area (Å²) in [7, 11) is 0. The van der Waals surface area contributed by atoms with E-state index in [-0.39, 0.29) is 11.5 Å². The third kappa shape index (κ3) is 2.71. The van der Waals surface area contributed by atoms with Gasteiger partial charge in [-0.2, -0.15) is 0 Å². The van der Waals surface area contributed by atoms with Gasteiger partial charge in [-0.05, 0) is 53.0 Å². The van der Waals surface area contributed by atoms with Gasteiger partial charge in [0.25, 0.3) is 0 Å². The Morgan fingerprint density at radius 2 is 1.92 bits per heavy atom. The minimum Gasteiger partial charge on any atom is -0.508 e. The summed E-state index contributed by atoms with van der Waals surface area (Å²) in [5.41, 5.74) is 2.10. The lowest BCUT2D eigenvalue weighted by atomic mass is 10.1. The molecule has 2 aromatic heterocycles. The Morgan fingerprint density at radius 3 is 2.67 bits per heavy atom. The van der Waals surface area contributed by atoms with Crippen molar-refractivity contribution in [2.45, 2.75) is 31.7 Å². The quantitative estimate of drug-likeness (QED) is 0.617. The number of halogens is 1. The van der Waals surface area contributed by atoms with Crippen LogP contribution in [0, 0.1) is 0 Å². The second-order valence-corrected chi connectivity index (χ2v) is 7.13. The van der Waals surface area contributed by atoms with E-state index in [1.54, 1.807) is 12.1 Å². The van der Waals surface area contributed by atoms with Crippen LogP contribution in [0.1, 0.15) is 25.7 Å². The summed E-state index contributed by atoms with van der Waals surface area (Å²) in [5.74, 6) is 0.930. The van der Waals surface area contributed by atoms with E-state index >= 15 is 0 Å². The largest absolute Gasteiger partial charge is 0.508 e. The zero-order valence-corrected chi connectivity index (χ0v) is 14.6. The highest BCUT2D eigenvalue weighted by molar-refractivity contribution is 9.10. The average molecular weight is 388 g/mol. The first-order chi connectivity index (χ1) is 11.6. The molecule has 0 saturated heterocycles. The van der Waals surface area contributed by atoms with Crippen LogP contribution in [0.4, 0.5) is 5.82 Å². The number of aromatic nitrogens is 2. The molecule has 1 saturated carbocycles. The first-order valence-electron chi connectivity index (χ1n) is 8.08. The van der Waals surface area contributed by atoms with Gasteiger partial charge in [-0.25, -0.2) is 4.98 Å². The van der Waals surface area contributed by atoms with Crippen molar-refractivity contribution in [2.24, 2.45) is 0 Å². The molecule has 6 heteroatoms. The van der Waals surface area contributed by atoms with E-state index in [9.17, 15) is 10.2 Å². The predicted molar refractivity (Wildman–Crippen MR) is 97.5 cm³/mol. The number of pyridine rings is 1. The summed E-state index contributed by atoms with van der Waals surface area (Å²) in [5, 5.41) is 23.4. The number of anilines is 1. The van der Waals surface area contributed by atoms with Crippen LogP contribution in [0.3, 0.4) is 0 Å². The van der Waals surface area contributed by atoms with E-state index in [1.165, 1.54) is 18.9 Å². The fraction of sp³-hybridized carbons (Fsp3) is 0.278. The summed E-state index contributed by atoms with van der Waals surface area (Å²) in [6.07, 6.45) is 6.72. The van der Waals surface area contributed by atoms with Crippen molar-refractivity contribution in [1.29, 1.82) is 0 Å². The lowest BCUT2D eigenvalue weighted by molar-refractivity contribution is 0.452. The number of hydrogen-bond donors (Lipinski definition) is 3. The third-order valence-electron chi connectivity index (χ3n) is 4.51. The topological polar surface area (TPSA) is 69.8 Å². The third-order valence-corrected chi connectivity index (χ3v) is 4.98. The van der Waals surface area contributed by atoms with Crippen LogP contribution in [-0.2, 0) is 0 Å². The predicted octanol–water partition coefficient (Wildman–Crippen LogP) is 4.53. The van der Waals surface area contributed by atoms with Crippen molar-refractivity contribution < 1.29 is 10.2 Å². The molecule has 4 rings (SSSR count). The van der Waals surface area contributed by atoms with Gasteiger partial charge in [0.1, 0.15) is 28.7 Å². The van der Waals surface area contributed by atoms with Crippen LogP contribution in [0.5, 0.6) is 11.5 Å². The maximum Gasteiger partial charge on any atom is 0.139 e. The molecule has 3 aromatic rings. The Balaban J connectivity index is 1.89.